The lowest BCUT2D eigenvalue weighted by atomic mass is 9.90. The molecule has 3 rings (SSSR count). The molecule has 7 heteroatoms. The summed E-state index contributed by atoms with van der Waals surface area (Å²) >= 11 is 6.03. The van der Waals surface area contributed by atoms with Gasteiger partial charge in [0.05, 0.1) is 18.4 Å². The Balaban J connectivity index is 0.00000300. The first kappa shape index (κ1) is 23.3. The van der Waals surface area contributed by atoms with E-state index in [1.54, 1.807) is 19.1 Å². The highest BCUT2D eigenvalue weighted by molar-refractivity contribution is 6.30. The normalized spacial score (nSPS) is 13.6. The van der Waals surface area contributed by atoms with Gasteiger partial charge in [0, 0.05) is 11.6 Å². The number of anilines is 1. The molecule has 2 aromatic carbocycles. The number of halogens is 2. The van der Waals surface area contributed by atoms with Crippen LogP contribution in [0.15, 0.2) is 36.4 Å². The molecule has 158 valence electrons. The molecule has 0 radical (unpaired) electrons. The van der Waals surface area contributed by atoms with Gasteiger partial charge in [-0.05, 0) is 67.5 Å². The SMILES string of the molecule is CCOC(=O)COc1ccc2c(c1NCC(O)c1cccc(Cl)c1)CCCC2.Cl. The summed E-state index contributed by atoms with van der Waals surface area (Å²) in [7, 11) is 0. The Morgan fingerprint density at radius 1 is 1.24 bits per heavy atom. The van der Waals surface area contributed by atoms with E-state index in [1.807, 2.05) is 18.2 Å². The van der Waals surface area contributed by atoms with E-state index in [2.05, 4.69) is 11.4 Å². The summed E-state index contributed by atoms with van der Waals surface area (Å²) in [5, 5.41) is 14.5. The van der Waals surface area contributed by atoms with Gasteiger partial charge < -0.3 is 19.9 Å². The number of aliphatic hydroxyl groups is 1. The number of fused-ring (bicyclic) bond motifs is 1. The van der Waals surface area contributed by atoms with E-state index in [4.69, 9.17) is 21.1 Å². The first-order chi connectivity index (χ1) is 13.6. The molecule has 0 fully saturated rings. The molecule has 1 atom stereocenters. The van der Waals surface area contributed by atoms with Crippen molar-refractivity contribution >= 4 is 35.7 Å². The monoisotopic (exact) mass is 439 g/mol. The van der Waals surface area contributed by atoms with Gasteiger partial charge in [-0.3, -0.25) is 0 Å². The van der Waals surface area contributed by atoms with Gasteiger partial charge >= 0.3 is 5.97 Å². The van der Waals surface area contributed by atoms with Gasteiger partial charge in [0.25, 0.3) is 0 Å². The molecular formula is C22H27Cl2NO4. The Hall–Kier alpha value is -1.95. The lowest BCUT2D eigenvalue weighted by Crippen LogP contribution is -2.18. The molecule has 2 aromatic rings. The highest BCUT2D eigenvalue weighted by Gasteiger charge is 2.19. The predicted octanol–water partition coefficient (Wildman–Crippen LogP) is 4.73. The lowest BCUT2D eigenvalue weighted by Gasteiger charge is -2.24. The molecule has 0 amide bonds. The largest absolute Gasteiger partial charge is 0.480 e. The average Bonchev–Trinajstić information content (AvgIpc) is 2.70. The molecule has 5 nitrogen and oxygen atoms in total. The third-order valence-corrected chi connectivity index (χ3v) is 5.09. The van der Waals surface area contributed by atoms with Crippen molar-refractivity contribution in [2.24, 2.45) is 0 Å². The van der Waals surface area contributed by atoms with Crippen molar-refractivity contribution in [3.63, 3.8) is 0 Å². The van der Waals surface area contributed by atoms with E-state index in [0.29, 0.717) is 23.9 Å². The zero-order chi connectivity index (χ0) is 19.9. The molecule has 0 bridgehead atoms. The molecule has 1 aliphatic rings. The first-order valence-electron chi connectivity index (χ1n) is 9.69. The molecule has 0 spiro atoms. The fourth-order valence-corrected chi connectivity index (χ4v) is 3.69. The van der Waals surface area contributed by atoms with Crippen LogP contribution in [-0.2, 0) is 22.4 Å². The molecule has 0 saturated heterocycles. The van der Waals surface area contributed by atoms with E-state index in [9.17, 15) is 9.90 Å². The van der Waals surface area contributed by atoms with Gasteiger partial charge in [0.1, 0.15) is 5.75 Å². The summed E-state index contributed by atoms with van der Waals surface area (Å²) in [6.07, 6.45) is 3.54. The molecule has 1 aliphatic carbocycles. The zero-order valence-corrected chi connectivity index (χ0v) is 18.0. The highest BCUT2D eigenvalue weighted by Crippen LogP contribution is 2.36. The number of hydrogen-bond acceptors (Lipinski definition) is 5. The van der Waals surface area contributed by atoms with Crippen LogP contribution in [0.5, 0.6) is 5.75 Å². The number of aliphatic hydroxyl groups excluding tert-OH is 1. The molecule has 0 aromatic heterocycles. The number of rotatable bonds is 8. The van der Waals surface area contributed by atoms with Crippen LogP contribution in [0.25, 0.3) is 0 Å². The fourth-order valence-electron chi connectivity index (χ4n) is 3.49. The van der Waals surface area contributed by atoms with Gasteiger partial charge in [0.2, 0.25) is 0 Å². The minimum absolute atomic E-state index is 0. The van der Waals surface area contributed by atoms with Crippen molar-refractivity contribution in [2.75, 3.05) is 25.1 Å². The summed E-state index contributed by atoms with van der Waals surface area (Å²) in [5.41, 5.74) is 4.08. The maximum absolute atomic E-state index is 11.7. The van der Waals surface area contributed by atoms with Crippen molar-refractivity contribution in [2.45, 2.75) is 38.7 Å². The number of ether oxygens (including phenoxy) is 2. The second-order valence-corrected chi connectivity index (χ2v) is 7.27. The van der Waals surface area contributed by atoms with Crippen molar-refractivity contribution in [1.29, 1.82) is 0 Å². The summed E-state index contributed by atoms with van der Waals surface area (Å²) in [6, 6.07) is 11.1. The van der Waals surface area contributed by atoms with E-state index < -0.39 is 12.1 Å². The molecule has 2 N–H and O–H groups in total. The highest BCUT2D eigenvalue weighted by atomic mass is 35.5. The smallest absolute Gasteiger partial charge is 0.344 e. The number of hydrogen-bond donors (Lipinski definition) is 2. The van der Waals surface area contributed by atoms with Crippen LogP contribution in [0.2, 0.25) is 5.02 Å². The average molecular weight is 440 g/mol. The molecule has 0 saturated carbocycles. The van der Waals surface area contributed by atoms with E-state index in [1.165, 1.54) is 17.5 Å². The van der Waals surface area contributed by atoms with Crippen LogP contribution in [0.4, 0.5) is 5.69 Å². The number of esters is 1. The van der Waals surface area contributed by atoms with Crippen LogP contribution >= 0.6 is 24.0 Å². The van der Waals surface area contributed by atoms with Crippen molar-refractivity contribution in [3.8, 4) is 5.75 Å². The molecule has 1 unspecified atom stereocenters. The maximum Gasteiger partial charge on any atom is 0.344 e. The minimum atomic E-state index is -0.712. The number of benzene rings is 2. The lowest BCUT2D eigenvalue weighted by molar-refractivity contribution is -0.145. The number of nitrogens with one attached hydrogen (secondary N) is 1. The second-order valence-electron chi connectivity index (χ2n) is 6.83. The van der Waals surface area contributed by atoms with E-state index >= 15 is 0 Å². The summed E-state index contributed by atoms with van der Waals surface area (Å²) < 4.78 is 10.7. The van der Waals surface area contributed by atoms with Crippen LogP contribution in [0.3, 0.4) is 0 Å². The second kappa shape index (κ2) is 11.3. The first-order valence-corrected chi connectivity index (χ1v) is 10.1. The predicted molar refractivity (Wildman–Crippen MR) is 117 cm³/mol. The Labute approximate surface area is 182 Å². The van der Waals surface area contributed by atoms with Gasteiger partial charge in [-0.15, -0.1) is 12.4 Å². The van der Waals surface area contributed by atoms with Gasteiger partial charge in [0.15, 0.2) is 6.61 Å². The van der Waals surface area contributed by atoms with Crippen LogP contribution in [0, 0.1) is 0 Å². The van der Waals surface area contributed by atoms with Crippen LogP contribution in [-0.4, -0.2) is 30.8 Å². The van der Waals surface area contributed by atoms with Crippen molar-refractivity contribution in [3.05, 3.63) is 58.1 Å². The number of carbonyl (C=O) groups is 1. The summed E-state index contributed by atoms with van der Waals surface area (Å²) in [5.74, 6) is 0.206. The Morgan fingerprint density at radius 3 is 2.79 bits per heavy atom. The Bertz CT molecular complexity index is 828. The van der Waals surface area contributed by atoms with Crippen molar-refractivity contribution < 1.29 is 19.4 Å². The number of aryl methyl sites for hydroxylation is 1. The zero-order valence-electron chi connectivity index (χ0n) is 16.4. The summed E-state index contributed by atoms with van der Waals surface area (Å²) in [4.78, 5) is 11.7. The van der Waals surface area contributed by atoms with E-state index in [-0.39, 0.29) is 19.0 Å². The standard InChI is InChI=1S/C22H26ClNO4.ClH/c1-2-27-21(26)14-28-20-11-10-15-6-3-4-9-18(15)22(20)24-13-19(25)16-7-5-8-17(23)12-16;/h5,7-8,10-12,19,24-25H,2-4,6,9,13-14H2,1H3;1H. The molecule has 0 aliphatic heterocycles. The summed E-state index contributed by atoms with van der Waals surface area (Å²) in [6.45, 7) is 2.26. The fraction of sp³-hybridized carbons (Fsp3) is 0.409. The van der Waals surface area contributed by atoms with Crippen LogP contribution in [0.1, 0.15) is 42.6 Å². The van der Waals surface area contributed by atoms with Crippen LogP contribution < -0.4 is 10.1 Å². The van der Waals surface area contributed by atoms with Gasteiger partial charge in [-0.1, -0.05) is 29.8 Å². The van der Waals surface area contributed by atoms with Gasteiger partial charge in [-0.2, -0.15) is 0 Å². The minimum Gasteiger partial charge on any atom is -0.480 e. The molecule has 0 heterocycles. The quantitative estimate of drug-likeness (QED) is 0.581. The Kier molecular flexibility index (Phi) is 9.08. The van der Waals surface area contributed by atoms with Crippen molar-refractivity contribution in [1.82, 2.24) is 0 Å². The van der Waals surface area contributed by atoms with E-state index in [0.717, 1.165) is 30.5 Å². The van der Waals surface area contributed by atoms with Gasteiger partial charge in [-0.25, -0.2) is 4.79 Å². The molecule has 29 heavy (non-hydrogen) atoms. The topological polar surface area (TPSA) is 67.8 Å². The number of carbonyl (C=O) groups excluding carboxylic acids is 1. The third-order valence-electron chi connectivity index (χ3n) is 4.85. The third kappa shape index (κ3) is 6.26. The molecular weight excluding hydrogens is 413 g/mol. The maximum atomic E-state index is 11.7. The Morgan fingerprint density at radius 2 is 2.03 bits per heavy atom.